The molecule has 0 saturated carbocycles. The van der Waals surface area contributed by atoms with Crippen molar-refractivity contribution in [3.63, 3.8) is 0 Å². The van der Waals surface area contributed by atoms with Gasteiger partial charge >= 0.3 is 0 Å². The van der Waals surface area contributed by atoms with Crippen molar-refractivity contribution in [1.29, 1.82) is 0 Å². The molecule has 1 atom stereocenters. The summed E-state index contributed by atoms with van der Waals surface area (Å²) in [7, 11) is 0. The second kappa shape index (κ2) is 4.41. The average molecular weight is 232 g/mol. The van der Waals surface area contributed by atoms with Crippen LogP contribution in [-0.2, 0) is 6.42 Å². The van der Waals surface area contributed by atoms with Crippen molar-refractivity contribution < 1.29 is 4.39 Å². The van der Waals surface area contributed by atoms with Crippen LogP contribution in [-0.4, -0.2) is 11.0 Å². The van der Waals surface area contributed by atoms with Crippen LogP contribution in [0.1, 0.15) is 23.7 Å². The third-order valence-corrected chi connectivity index (χ3v) is 2.82. The molecule has 0 saturated heterocycles. The Morgan fingerprint density at radius 1 is 1.29 bits per heavy atom. The van der Waals surface area contributed by atoms with E-state index < -0.39 is 0 Å². The third kappa shape index (κ3) is 2.44. The fourth-order valence-electron chi connectivity index (χ4n) is 2.16. The molecule has 0 aliphatic rings. The van der Waals surface area contributed by atoms with E-state index in [0.717, 1.165) is 22.2 Å². The molecule has 0 radical (unpaired) electrons. The molecule has 2 rings (SSSR count). The SMILES string of the molecule is Cc1cc(C)c2cc(CC(C)N)cc(F)c2n1. The summed E-state index contributed by atoms with van der Waals surface area (Å²) in [5.74, 6) is -0.259. The summed E-state index contributed by atoms with van der Waals surface area (Å²) in [6.45, 7) is 5.77. The van der Waals surface area contributed by atoms with E-state index in [0.29, 0.717) is 11.9 Å². The third-order valence-electron chi connectivity index (χ3n) is 2.82. The summed E-state index contributed by atoms with van der Waals surface area (Å²) in [6.07, 6.45) is 0.681. The number of hydrogen-bond donors (Lipinski definition) is 1. The Labute approximate surface area is 101 Å². The topological polar surface area (TPSA) is 38.9 Å². The molecular weight excluding hydrogens is 215 g/mol. The number of nitrogens with zero attached hydrogens (tertiary/aromatic N) is 1. The number of halogens is 1. The van der Waals surface area contributed by atoms with E-state index in [4.69, 9.17) is 5.73 Å². The fraction of sp³-hybridized carbons (Fsp3) is 0.357. The maximum atomic E-state index is 14.0. The highest BCUT2D eigenvalue weighted by Gasteiger charge is 2.09. The predicted octanol–water partition coefficient (Wildman–Crippen LogP) is 2.88. The van der Waals surface area contributed by atoms with Gasteiger partial charge in [-0.1, -0.05) is 0 Å². The molecule has 2 nitrogen and oxygen atoms in total. The Hall–Kier alpha value is -1.48. The number of pyridine rings is 1. The molecule has 2 N–H and O–H groups in total. The monoisotopic (exact) mass is 232 g/mol. The van der Waals surface area contributed by atoms with E-state index >= 15 is 0 Å². The summed E-state index contributed by atoms with van der Waals surface area (Å²) in [4.78, 5) is 4.25. The summed E-state index contributed by atoms with van der Waals surface area (Å²) in [6, 6.07) is 5.53. The van der Waals surface area contributed by atoms with Crippen molar-refractivity contribution in [3.8, 4) is 0 Å². The standard InChI is InChI=1S/C14H17FN2/c1-8-4-10(3)17-14-12(8)6-11(5-9(2)16)7-13(14)15/h4,6-7,9H,5,16H2,1-3H3. The second-order valence-electron chi connectivity index (χ2n) is 4.74. The summed E-state index contributed by atoms with van der Waals surface area (Å²) < 4.78 is 14.0. The van der Waals surface area contributed by atoms with Gasteiger partial charge in [0.1, 0.15) is 11.3 Å². The lowest BCUT2D eigenvalue weighted by atomic mass is 10.0. The van der Waals surface area contributed by atoms with Gasteiger partial charge in [-0.15, -0.1) is 0 Å². The highest BCUT2D eigenvalue weighted by molar-refractivity contribution is 5.83. The lowest BCUT2D eigenvalue weighted by Crippen LogP contribution is -2.17. The zero-order valence-corrected chi connectivity index (χ0v) is 10.4. The largest absolute Gasteiger partial charge is 0.328 e. The van der Waals surface area contributed by atoms with Gasteiger partial charge in [0.25, 0.3) is 0 Å². The molecule has 1 aromatic carbocycles. The van der Waals surface area contributed by atoms with Crippen molar-refractivity contribution >= 4 is 10.9 Å². The van der Waals surface area contributed by atoms with Crippen LogP contribution in [0, 0.1) is 19.7 Å². The maximum absolute atomic E-state index is 14.0. The van der Waals surface area contributed by atoms with Gasteiger partial charge in [0.15, 0.2) is 0 Å². The molecule has 2 aromatic rings. The highest BCUT2D eigenvalue weighted by Crippen LogP contribution is 2.23. The first-order chi connectivity index (χ1) is 7.97. The van der Waals surface area contributed by atoms with Crippen LogP contribution in [0.4, 0.5) is 4.39 Å². The number of hydrogen-bond acceptors (Lipinski definition) is 2. The van der Waals surface area contributed by atoms with Crippen LogP contribution in [0.3, 0.4) is 0 Å². The highest BCUT2D eigenvalue weighted by atomic mass is 19.1. The molecule has 0 spiro atoms. The van der Waals surface area contributed by atoms with Crippen LogP contribution < -0.4 is 5.73 Å². The quantitative estimate of drug-likeness (QED) is 0.864. The predicted molar refractivity (Wildman–Crippen MR) is 68.5 cm³/mol. The van der Waals surface area contributed by atoms with Crippen LogP contribution in [0.2, 0.25) is 0 Å². The normalized spacial score (nSPS) is 13.0. The maximum Gasteiger partial charge on any atom is 0.149 e. The van der Waals surface area contributed by atoms with E-state index in [9.17, 15) is 4.39 Å². The van der Waals surface area contributed by atoms with Crippen molar-refractivity contribution in [3.05, 3.63) is 40.8 Å². The molecule has 1 aromatic heterocycles. The van der Waals surface area contributed by atoms with E-state index in [1.807, 2.05) is 32.9 Å². The van der Waals surface area contributed by atoms with Crippen LogP contribution in [0.15, 0.2) is 18.2 Å². The minimum absolute atomic E-state index is 0.0329. The zero-order valence-electron chi connectivity index (χ0n) is 10.4. The molecule has 17 heavy (non-hydrogen) atoms. The number of benzene rings is 1. The van der Waals surface area contributed by atoms with Gasteiger partial charge < -0.3 is 5.73 Å². The first kappa shape index (κ1) is 12.0. The Morgan fingerprint density at radius 2 is 2.00 bits per heavy atom. The molecule has 1 heterocycles. The molecular formula is C14H17FN2. The molecule has 3 heteroatoms. The smallest absolute Gasteiger partial charge is 0.149 e. The molecule has 1 unspecified atom stereocenters. The Balaban J connectivity index is 2.64. The number of nitrogens with two attached hydrogens (primary N) is 1. The lowest BCUT2D eigenvalue weighted by molar-refractivity contribution is 0.631. The first-order valence-corrected chi connectivity index (χ1v) is 5.79. The summed E-state index contributed by atoms with van der Waals surface area (Å²) in [5, 5.41) is 0.881. The molecule has 0 bridgehead atoms. The molecule has 0 amide bonds. The number of aryl methyl sites for hydroxylation is 2. The number of rotatable bonds is 2. The van der Waals surface area contributed by atoms with Crippen LogP contribution >= 0.6 is 0 Å². The minimum atomic E-state index is -0.259. The average Bonchev–Trinajstić information content (AvgIpc) is 2.19. The fourth-order valence-corrected chi connectivity index (χ4v) is 2.16. The first-order valence-electron chi connectivity index (χ1n) is 5.79. The van der Waals surface area contributed by atoms with E-state index in [1.165, 1.54) is 6.07 Å². The van der Waals surface area contributed by atoms with E-state index in [1.54, 1.807) is 0 Å². The molecule has 90 valence electrons. The summed E-state index contributed by atoms with van der Waals surface area (Å²) in [5.41, 5.74) is 9.02. The molecule has 0 aliphatic carbocycles. The van der Waals surface area contributed by atoms with Gasteiger partial charge in [0.2, 0.25) is 0 Å². The number of aromatic nitrogens is 1. The molecule has 0 fully saturated rings. The minimum Gasteiger partial charge on any atom is -0.328 e. The zero-order chi connectivity index (χ0) is 12.6. The van der Waals surface area contributed by atoms with Crippen molar-refractivity contribution in [2.45, 2.75) is 33.2 Å². The second-order valence-corrected chi connectivity index (χ2v) is 4.74. The van der Waals surface area contributed by atoms with Crippen LogP contribution in [0.5, 0.6) is 0 Å². The van der Waals surface area contributed by atoms with Gasteiger partial charge in [-0.2, -0.15) is 0 Å². The van der Waals surface area contributed by atoms with Gasteiger partial charge in [-0.25, -0.2) is 4.39 Å². The van der Waals surface area contributed by atoms with E-state index in [-0.39, 0.29) is 11.9 Å². The van der Waals surface area contributed by atoms with Crippen LogP contribution in [0.25, 0.3) is 10.9 Å². The lowest BCUT2D eigenvalue weighted by Gasteiger charge is -2.09. The van der Waals surface area contributed by atoms with Gasteiger partial charge in [0, 0.05) is 17.1 Å². The van der Waals surface area contributed by atoms with Gasteiger partial charge in [-0.05, 0) is 56.5 Å². The van der Waals surface area contributed by atoms with Gasteiger partial charge in [0.05, 0.1) is 0 Å². The Kier molecular flexibility index (Phi) is 3.11. The summed E-state index contributed by atoms with van der Waals surface area (Å²) >= 11 is 0. The Bertz CT molecular complexity index is 562. The Morgan fingerprint density at radius 3 is 2.65 bits per heavy atom. The molecule has 0 aliphatic heterocycles. The van der Waals surface area contributed by atoms with Crippen molar-refractivity contribution in [2.24, 2.45) is 5.73 Å². The van der Waals surface area contributed by atoms with Gasteiger partial charge in [-0.3, -0.25) is 4.98 Å². The van der Waals surface area contributed by atoms with Crippen molar-refractivity contribution in [1.82, 2.24) is 4.98 Å². The van der Waals surface area contributed by atoms with Crippen molar-refractivity contribution in [2.75, 3.05) is 0 Å². The number of fused-ring (bicyclic) bond motifs is 1. The van der Waals surface area contributed by atoms with E-state index in [2.05, 4.69) is 4.98 Å².